The van der Waals surface area contributed by atoms with Gasteiger partial charge in [-0.3, -0.25) is 9.59 Å². The average Bonchev–Trinajstić information content (AvgIpc) is 3.32. The number of H-pyrrole nitrogens is 1. The van der Waals surface area contributed by atoms with E-state index in [9.17, 15) is 9.59 Å². The van der Waals surface area contributed by atoms with E-state index < -0.39 is 0 Å². The Kier molecular flexibility index (Phi) is 3.97. The first-order valence-corrected chi connectivity index (χ1v) is 9.55. The molecule has 2 heterocycles. The minimum absolute atomic E-state index is 0.00922. The van der Waals surface area contributed by atoms with E-state index in [-0.39, 0.29) is 23.7 Å². The van der Waals surface area contributed by atoms with Gasteiger partial charge in [0.05, 0.1) is 11.8 Å². The Hall–Kier alpha value is -3.41. The smallest absolute Gasteiger partial charge is 0.272 e. The highest BCUT2D eigenvalue weighted by Crippen LogP contribution is 2.40. The van der Waals surface area contributed by atoms with Crippen molar-refractivity contribution in [3.63, 3.8) is 0 Å². The Bertz CT molecular complexity index is 1100. The van der Waals surface area contributed by atoms with Crippen LogP contribution in [-0.2, 0) is 4.79 Å². The topological polar surface area (TPSA) is 86.3 Å². The zero-order chi connectivity index (χ0) is 19.1. The van der Waals surface area contributed by atoms with Crippen LogP contribution in [0.2, 0.25) is 0 Å². The molecule has 0 spiro atoms. The number of nitrogens with one attached hydrogen (secondary N) is 3. The number of nitrogens with zero attached hydrogens (tertiary/aromatic N) is 1. The van der Waals surface area contributed by atoms with Gasteiger partial charge in [-0.05, 0) is 36.5 Å². The van der Waals surface area contributed by atoms with Gasteiger partial charge in [0.25, 0.3) is 5.91 Å². The molecule has 5 rings (SSSR count). The van der Waals surface area contributed by atoms with Crippen LogP contribution in [0.4, 0.5) is 5.69 Å². The largest absolute Gasteiger partial charge is 0.360 e. The summed E-state index contributed by atoms with van der Waals surface area (Å²) in [6.45, 7) is 0. The molecule has 1 aliphatic carbocycles. The number of carbonyl (C=O) groups excluding carboxylic acids is 2. The molecule has 0 saturated heterocycles. The number of amides is 2. The molecule has 1 aliphatic heterocycles. The van der Waals surface area contributed by atoms with Gasteiger partial charge in [-0.15, -0.1) is 0 Å². The summed E-state index contributed by atoms with van der Waals surface area (Å²) in [4.78, 5) is 28.6. The number of hydrogen-bond donors (Lipinski definition) is 3. The van der Waals surface area contributed by atoms with E-state index in [2.05, 4.69) is 33.0 Å². The molecule has 2 aromatic carbocycles. The number of hydrazone groups is 1. The standard InChI is InChI=1S/C22H20N4O2/c27-21(17-8-4-7-16(17)13-5-2-1-3-6-13)25-15-9-18-20-14(11-23-19(20)10-15)12-24-26-22(18)28/h1-3,5-6,9-12,16-17,23H,4,7-8H2,(H,25,27)(H,26,28)/t16-,17+/m0/s1. The molecule has 2 atom stereocenters. The highest BCUT2D eigenvalue weighted by molar-refractivity contribution is 6.15. The molecule has 0 unspecified atom stereocenters. The Labute approximate surface area is 162 Å². The number of anilines is 1. The SMILES string of the molecule is O=C1NN=Cc2c[nH]c3cc(NC(=O)[C@@H]4CCC[C@H]4c4ccccc4)cc1c23. The summed E-state index contributed by atoms with van der Waals surface area (Å²) < 4.78 is 0. The third-order valence-corrected chi connectivity index (χ3v) is 5.77. The fourth-order valence-electron chi connectivity index (χ4n) is 4.48. The van der Waals surface area contributed by atoms with Crippen molar-refractivity contribution in [3.05, 3.63) is 65.4 Å². The Morgan fingerprint density at radius 1 is 1.14 bits per heavy atom. The molecule has 1 aromatic heterocycles. The van der Waals surface area contributed by atoms with Crippen LogP contribution >= 0.6 is 0 Å². The minimum Gasteiger partial charge on any atom is -0.360 e. The molecule has 3 aromatic rings. The van der Waals surface area contributed by atoms with Crippen molar-refractivity contribution in [1.82, 2.24) is 10.4 Å². The quantitative estimate of drug-likeness (QED) is 0.654. The van der Waals surface area contributed by atoms with Gasteiger partial charge in [0.1, 0.15) is 0 Å². The summed E-state index contributed by atoms with van der Waals surface area (Å²) in [5, 5.41) is 7.79. The highest BCUT2D eigenvalue weighted by atomic mass is 16.2. The van der Waals surface area contributed by atoms with Crippen LogP contribution in [0.5, 0.6) is 0 Å². The molecule has 6 heteroatoms. The molecule has 2 amide bonds. The molecule has 140 valence electrons. The first-order valence-electron chi connectivity index (χ1n) is 9.55. The number of rotatable bonds is 3. The lowest BCUT2D eigenvalue weighted by Crippen LogP contribution is -2.25. The van der Waals surface area contributed by atoms with Gasteiger partial charge < -0.3 is 10.3 Å². The lowest BCUT2D eigenvalue weighted by atomic mass is 9.88. The molecular weight excluding hydrogens is 352 g/mol. The maximum absolute atomic E-state index is 13.1. The van der Waals surface area contributed by atoms with Crippen LogP contribution in [0.25, 0.3) is 10.9 Å². The Morgan fingerprint density at radius 2 is 2.00 bits per heavy atom. The first-order chi connectivity index (χ1) is 13.7. The lowest BCUT2D eigenvalue weighted by molar-refractivity contribution is -0.120. The van der Waals surface area contributed by atoms with Gasteiger partial charge in [-0.1, -0.05) is 36.8 Å². The van der Waals surface area contributed by atoms with Crippen molar-refractivity contribution >= 4 is 34.6 Å². The van der Waals surface area contributed by atoms with Crippen molar-refractivity contribution in [2.45, 2.75) is 25.2 Å². The number of hydrogen-bond acceptors (Lipinski definition) is 3. The average molecular weight is 372 g/mol. The summed E-state index contributed by atoms with van der Waals surface area (Å²) in [6.07, 6.45) is 6.37. The highest BCUT2D eigenvalue weighted by Gasteiger charge is 2.34. The molecule has 28 heavy (non-hydrogen) atoms. The van der Waals surface area contributed by atoms with Gasteiger partial charge in [0.2, 0.25) is 5.91 Å². The van der Waals surface area contributed by atoms with Crippen LogP contribution in [0, 0.1) is 5.92 Å². The number of aromatic nitrogens is 1. The number of aromatic amines is 1. The first kappa shape index (κ1) is 16.7. The molecule has 1 saturated carbocycles. The van der Waals surface area contributed by atoms with Crippen LogP contribution < -0.4 is 10.7 Å². The van der Waals surface area contributed by atoms with Crippen molar-refractivity contribution < 1.29 is 9.59 Å². The molecule has 0 bridgehead atoms. The fraction of sp³-hybridized carbons (Fsp3) is 0.227. The predicted molar refractivity (Wildman–Crippen MR) is 109 cm³/mol. The van der Waals surface area contributed by atoms with Crippen molar-refractivity contribution in [2.24, 2.45) is 11.0 Å². The summed E-state index contributed by atoms with van der Waals surface area (Å²) in [6, 6.07) is 13.8. The molecule has 0 radical (unpaired) electrons. The lowest BCUT2D eigenvalue weighted by Gasteiger charge is -2.20. The monoisotopic (exact) mass is 372 g/mol. The van der Waals surface area contributed by atoms with E-state index in [0.717, 1.165) is 35.7 Å². The maximum atomic E-state index is 13.1. The summed E-state index contributed by atoms with van der Waals surface area (Å²) in [7, 11) is 0. The summed E-state index contributed by atoms with van der Waals surface area (Å²) >= 11 is 0. The van der Waals surface area contributed by atoms with Crippen LogP contribution in [0.1, 0.15) is 46.7 Å². The van der Waals surface area contributed by atoms with Gasteiger partial charge in [-0.25, -0.2) is 5.43 Å². The van der Waals surface area contributed by atoms with Crippen molar-refractivity contribution in [2.75, 3.05) is 5.32 Å². The molecule has 2 aliphatic rings. The Morgan fingerprint density at radius 3 is 2.86 bits per heavy atom. The normalized spacial score (nSPS) is 20.8. The Balaban J connectivity index is 1.45. The maximum Gasteiger partial charge on any atom is 0.272 e. The second-order valence-electron chi connectivity index (χ2n) is 7.43. The summed E-state index contributed by atoms with van der Waals surface area (Å²) in [5.41, 5.74) is 6.50. The number of carbonyl (C=O) groups is 2. The van der Waals surface area contributed by atoms with Gasteiger partial charge in [0.15, 0.2) is 0 Å². The van der Waals surface area contributed by atoms with Gasteiger partial charge in [0, 0.05) is 34.3 Å². The zero-order valence-electron chi connectivity index (χ0n) is 15.2. The van der Waals surface area contributed by atoms with Gasteiger partial charge in [-0.2, -0.15) is 5.10 Å². The van der Waals surface area contributed by atoms with Crippen LogP contribution in [-0.4, -0.2) is 23.0 Å². The zero-order valence-corrected chi connectivity index (χ0v) is 15.2. The molecular formula is C22H20N4O2. The van der Waals surface area contributed by atoms with E-state index in [1.165, 1.54) is 5.56 Å². The van der Waals surface area contributed by atoms with Crippen LogP contribution in [0.15, 0.2) is 53.8 Å². The van der Waals surface area contributed by atoms with E-state index in [1.54, 1.807) is 12.3 Å². The fourth-order valence-corrected chi connectivity index (χ4v) is 4.48. The number of benzene rings is 2. The van der Waals surface area contributed by atoms with Gasteiger partial charge >= 0.3 is 0 Å². The third-order valence-electron chi connectivity index (χ3n) is 5.77. The van der Waals surface area contributed by atoms with Crippen LogP contribution in [0.3, 0.4) is 0 Å². The third kappa shape index (κ3) is 2.78. The van der Waals surface area contributed by atoms with E-state index in [4.69, 9.17) is 0 Å². The van der Waals surface area contributed by atoms with Crippen molar-refractivity contribution in [3.8, 4) is 0 Å². The molecule has 6 nitrogen and oxygen atoms in total. The molecule has 1 fully saturated rings. The minimum atomic E-state index is -0.279. The van der Waals surface area contributed by atoms with Crippen molar-refractivity contribution in [1.29, 1.82) is 0 Å². The van der Waals surface area contributed by atoms with E-state index >= 15 is 0 Å². The second-order valence-corrected chi connectivity index (χ2v) is 7.43. The van der Waals surface area contributed by atoms with E-state index in [0.29, 0.717) is 11.3 Å². The summed E-state index contributed by atoms with van der Waals surface area (Å²) in [5.74, 6) is -0.0949. The van der Waals surface area contributed by atoms with E-state index in [1.807, 2.05) is 30.5 Å². The second kappa shape index (κ2) is 6.64. The molecule has 3 N–H and O–H groups in total. The predicted octanol–water partition coefficient (Wildman–Crippen LogP) is 3.77.